The normalized spacial score (nSPS) is 10.9. The van der Waals surface area contributed by atoms with E-state index in [2.05, 4.69) is 11.1 Å². The van der Waals surface area contributed by atoms with E-state index in [1.165, 1.54) is 6.07 Å². The average molecular weight is 347 g/mol. The molecular formula is C14H16F3N3O4. The number of aromatic carboxylic acids is 1. The lowest BCUT2D eigenvalue weighted by molar-refractivity contribution is -0.192. The number of rotatable bonds is 4. The van der Waals surface area contributed by atoms with Crippen molar-refractivity contribution in [2.45, 2.75) is 20.0 Å². The monoisotopic (exact) mass is 347 g/mol. The Hall–Kier alpha value is -2.83. The van der Waals surface area contributed by atoms with Crippen molar-refractivity contribution in [3.05, 3.63) is 23.9 Å². The summed E-state index contributed by atoms with van der Waals surface area (Å²) in [6.07, 6.45) is -5.08. The van der Waals surface area contributed by atoms with Crippen LogP contribution in [0, 0.1) is 16.7 Å². The number of carboxylic acid groups (broad SMARTS) is 2. The van der Waals surface area contributed by atoms with Crippen LogP contribution in [-0.4, -0.2) is 46.9 Å². The fourth-order valence-electron chi connectivity index (χ4n) is 1.46. The molecule has 0 aromatic carbocycles. The SMILES string of the molecule is CN(CC(C)(C)C#N)c1cccc(C(=O)O)n1.O=C(O)C(F)(F)F. The molecule has 0 saturated carbocycles. The average Bonchev–Trinajstić information content (AvgIpc) is 2.46. The Morgan fingerprint density at radius 3 is 2.17 bits per heavy atom. The number of nitrogens with zero attached hydrogens (tertiary/aromatic N) is 3. The number of halogens is 3. The van der Waals surface area contributed by atoms with Gasteiger partial charge in [-0.15, -0.1) is 0 Å². The summed E-state index contributed by atoms with van der Waals surface area (Å²) in [6, 6.07) is 7.00. The van der Waals surface area contributed by atoms with Crippen LogP contribution in [0.25, 0.3) is 0 Å². The van der Waals surface area contributed by atoms with Crippen LogP contribution in [0.15, 0.2) is 18.2 Å². The van der Waals surface area contributed by atoms with E-state index in [4.69, 9.17) is 20.3 Å². The second-order valence-electron chi connectivity index (χ2n) is 5.34. The lowest BCUT2D eigenvalue weighted by Crippen LogP contribution is -2.31. The maximum Gasteiger partial charge on any atom is 0.490 e. The molecule has 132 valence electrons. The summed E-state index contributed by atoms with van der Waals surface area (Å²) < 4.78 is 31.7. The molecule has 7 nitrogen and oxygen atoms in total. The van der Waals surface area contributed by atoms with E-state index in [0.29, 0.717) is 12.4 Å². The van der Waals surface area contributed by atoms with Crippen LogP contribution in [0.4, 0.5) is 19.0 Å². The molecule has 0 spiro atoms. The van der Waals surface area contributed by atoms with Crippen molar-refractivity contribution in [3.63, 3.8) is 0 Å². The molecule has 0 aliphatic heterocycles. The molecule has 1 aromatic rings. The molecule has 0 aliphatic rings. The summed E-state index contributed by atoms with van der Waals surface area (Å²) in [5.74, 6) is -3.26. The van der Waals surface area contributed by atoms with Gasteiger partial charge in [-0.1, -0.05) is 6.07 Å². The number of aromatic nitrogens is 1. The lowest BCUT2D eigenvalue weighted by Gasteiger charge is -2.25. The van der Waals surface area contributed by atoms with Gasteiger partial charge in [0.2, 0.25) is 0 Å². The first-order valence-electron chi connectivity index (χ1n) is 6.43. The minimum Gasteiger partial charge on any atom is -0.477 e. The zero-order valence-corrected chi connectivity index (χ0v) is 13.1. The first kappa shape index (κ1) is 21.2. The lowest BCUT2D eigenvalue weighted by atomic mass is 9.95. The second-order valence-corrected chi connectivity index (χ2v) is 5.34. The highest BCUT2D eigenvalue weighted by Gasteiger charge is 2.38. The zero-order valence-electron chi connectivity index (χ0n) is 13.1. The zero-order chi connectivity index (χ0) is 19.1. The van der Waals surface area contributed by atoms with Crippen molar-refractivity contribution in [1.29, 1.82) is 5.26 Å². The number of hydrogen-bond donors (Lipinski definition) is 2. The van der Waals surface area contributed by atoms with E-state index in [1.807, 2.05) is 13.8 Å². The number of carboxylic acids is 2. The third-order valence-electron chi connectivity index (χ3n) is 2.52. The Balaban J connectivity index is 0.000000640. The number of pyridine rings is 1. The molecule has 0 radical (unpaired) electrons. The van der Waals surface area contributed by atoms with Crippen molar-refractivity contribution in [3.8, 4) is 6.07 Å². The van der Waals surface area contributed by atoms with E-state index >= 15 is 0 Å². The summed E-state index contributed by atoms with van der Waals surface area (Å²) >= 11 is 0. The van der Waals surface area contributed by atoms with E-state index in [-0.39, 0.29) is 5.69 Å². The summed E-state index contributed by atoms with van der Waals surface area (Å²) in [5, 5.41) is 24.9. The van der Waals surface area contributed by atoms with Crippen LogP contribution in [-0.2, 0) is 4.79 Å². The Labute approximate surface area is 136 Å². The molecule has 1 aromatic heterocycles. The van der Waals surface area contributed by atoms with Crippen LogP contribution in [0.3, 0.4) is 0 Å². The van der Waals surface area contributed by atoms with Gasteiger partial charge in [0.05, 0.1) is 11.5 Å². The molecule has 0 aliphatic carbocycles. The Morgan fingerprint density at radius 2 is 1.79 bits per heavy atom. The predicted octanol–water partition coefficient (Wildman–Crippen LogP) is 2.40. The maximum atomic E-state index is 10.8. The van der Waals surface area contributed by atoms with Crippen LogP contribution >= 0.6 is 0 Å². The summed E-state index contributed by atoms with van der Waals surface area (Å²) in [4.78, 5) is 25.5. The highest BCUT2D eigenvalue weighted by Crippen LogP contribution is 2.18. The van der Waals surface area contributed by atoms with Crippen molar-refractivity contribution < 1.29 is 33.0 Å². The molecule has 0 saturated heterocycles. The number of alkyl halides is 3. The molecule has 10 heteroatoms. The molecule has 0 bridgehead atoms. The molecule has 1 rings (SSSR count). The molecule has 1 heterocycles. The van der Waals surface area contributed by atoms with E-state index in [9.17, 15) is 18.0 Å². The van der Waals surface area contributed by atoms with E-state index < -0.39 is 23.5 Å². The van der Waals surface area contributed by atoms with Gasteiger partial charge >= 0.3 is 18.1 Å². The van der Waals surface area contributed by atoms with Gasteiger partial charge in [-0.2, -0.15) is 18.4 Å². The number of hydrogen-bond acceptors (Lipinski definition) is 5. The quantitative estimate of drug-likeness (QED) is 0.859. The van der Waals surface area contributed by atoms with Crippen LogP contribution in [0.2, 0.25) is 0 Å². The highest BCUT2D eigenvalue weighted by molar-refractivity contribution is 5.85. The van der Waals surface area contributed by atoms with Gasteiger partial charge in [0.1, 0.15) is 5.82 Å². The van der Waals surface area contributed by atoms with Crippen LogP contribution in [0.1, 0.15) is 24.3 Å². The van der Waals surface area contributed by atoms with Crippen molar-refractivity contribution >= 4 is 17.8 Å². The molecule has 0 amide bonds. The van der Waals surface area contributed by atoms with Gasteiger partial charge in [0.25, 0.3) is 0 Å². The first-order valence-corrected chi connectivity index (χ1v) is 6.43. The summed E-state index contributed by atoms with van der Waals surface area (Å²) in [5.41, 5.74) is -0.500. The number of carbonyl (C=O) groups is 2. The fourth-order valence-corrected chi connectivity index (χ4v) is 1.46. The van der Waals surface area contributed by atoms with Gasteiger partial charge in [-0.3, -0.25) is 0 Å². The summed E-state index contributed by atoms with van der Waals surface area (Å²) in [6.45, 7) is 4.13. The van der Waals surface area contributed by atoms with Gasteiger partial charge in [-0.25, -0.2) is 14.6 Å². The molecule has 2 N–H and O–H groups in total. The number of nitriles is 1. The Kier molecular flexibility index (Phi) is 7.18. The van der Waals surface area contributed by atoms with Gasteiger partial charge in [0.15, 0.2) is 5.69 Å². The van der Waals surface area contributed by atoms with Crippen molar-refractivity contribution in [2.75, 3.05) is 18.5 Å². The van der Waals surface area contributed by atoms with E-state index in [0.717, 1.165) is 0 Å². The van der Waals surface area contributed by atoms with Crippen molar-refractivity contribution in [2.24, 2.45) is 5.41 Å². The van der Waals surface area contributed by atoms with Gasteiger partial charge < -0.3 is 15.1 Å². The molecule has 24 heavy (non-hydrogen) atoms. The third-order valence-corrected chi connectivity index (χ3v) is 2.52. The molecule has 0 unspecified atom stereocenters. The van der Waals surface area contributed by atoms with Crippen LogP contribution in [0.5, 0.6) is 0 Å². The minimum absolute atomic E-state index is 0.00381. The van der Waals surface area contributed by atoms with Crippen LogP contribution < -0.4 is 4.90 Å². The predicted molar refractivity (Wildman–Crippen MR) is 77.6 cm³/mol. The third kappa shape index (κ3) is 7.44. The molecular weight excluding hydrogens is 331 g/mol. The molecule has 0 atom stereocenters. The maximum absolute atomic E-state index is 10.8. The standard InChI is InChI=1S/C12H15N3O2.C2HF3O2/c1-12(2,7-13)8-15(3)10-6-4-5-9(14-10)11(16)17;3-2(4,5)1(6)7/h4-6H,8H2,1-3H3,(H,16,17);(H,6,7). The fraction of sp³-hybridized carbons (Fsp3) is 0.429. The number of anilines is 1. The molecule has 0 fully saturated rings. The first-order chi connectivity index (χ1) is 10.8. The topological polar surface area (TPSA) is 115 Å². The highest BCUT2D eigenvalue weighted by atomic mass is 19.4. The second kappa shape index (κ2) is 8.14. The minimum atomic E-state index is -5.08. The van der Waals surface area contributed by atoms with Crippen molar-refractivity contribution in [1.82, 2.24) is 4.98 Å². The van der Waals surface area contributed by atoms with E-state index in [1.54, 1.807) is 24.1 Å². The Morgan fingerprint density at radius 1 is 1.29 bits per heavy atom. The smallest absolute Gasteiger partial charge is 0.477 e. The largest absolute Gasteiger partial charge is 0.490 e. The Bertz CT molecular complexity index is 639. The van der Waals surface area contributed by atoms with Gasteiger partial charge in [-0.05, 0) is 26.0 Å². The summed E-state index contributed by atoms with van der Waals surface area (Å²) in [7, 11) is 1.78. The number of aliphatic carboxylic acids is 1. The van der Waals surface area contributed by atoms with Gasteiger partial charge in [0, 0.05) is 13.6 Å².